The molecule has 0 bridgehead atoms. The van der Waals surface area contributed by atoms with Crippen LogP contribution in [0.5, 0.6) is 0 Å². The van der Waals surface area contributed by atoms with Gasteiger partial charge in [-0.1, -0.05) is 66.2 Å². The lowest BCUT2D eigenvalue weighted by Gasteiger charge is -2.23. The molecule has 1 aliphatic heterocycles. The van der Waals surface area contributed by atoms with Gasteiger partial charge in [-0.25, -0.2) is 9.07 Å². The Labute approximate surface area is 244 Å². The average Bonchev–Trinajstić information content (AvgIpc) is 3.62. The molecule has 41 heavy (non-hydrogen) atoms. The number of thioether (sulfide) groups is 1. The molecule has 0 radical (unpaired) electrons. The molecule has 0 spiro atoms. The Hall–Kier alpha value is -4.34. The van der Waals surface area contributed by atoms with Crippen molar-refractivity contribution in [2.45, 2.75) is 11.8 Å². The van der Waals surface area contributed by atoms with Gasteiger partial charge in [0.2, 0.25) is 11.8 Å². The van der Waals surface area contributed by atoms with Crippen LogP contribution in [-0.2, 0) is 16.1 Å². The molecule has 0 aliphatic carbocycles. The summed E-state index contributed by atoms with van der Waals surface area (Å²) in [5.41, 5.74) is 3.57. The Morgan fingerprint density at radius 2 is 1.78 bits per heavy atom. The highest BCUT2D eigenvalue weighted by Gasteiger charge is 2.38. The molecule has 1 aliphatic rings. The minimum absolute atomic E-state index is 0.0962. The van der Waals surface area contributed by atoms with Crippen LogP contribution in [0.15, 0.2) is 102 Å². The van der Waals surface area contributed by atoms with Crippen molar-refractivity contribution in [1.82, 2.24) is 15.1 Å². The van der Waals surface area contributed by atoms with Gasteiger partial charge in [0.1, 0.15) is 23.9 Å². The minimum Gasteiger partial charge on any atom is -0.467 e. The number of carbonyl (C=O) groups excluding carboxylic acids is 2. The van der Waals surface area contributed by atoms with Crippen molar-refractivity contribution < 1.29 is 18.4 Å². The second-order valence-corrected chi connectivity index (χ2v) is 10.9. The number of amides is 2. The van der Waals surface area contributed by atoms with Crippen molar-refractivity contribution >= 4 is 41.0 Å². The first-order chi connectivity index (χ1) is 20.0. The molecule has 3 heterocycles. The van der Waals surface area contributed by atoms with Gasteiger partial charge in [-0.05, 0) is 42.0 Å². The first-order valence-electron chi connectivity index (χ1n) is 12.9. The van der Waals surface area contributed by atoms with Crippen molar-refractivity contribution in [1.29, 1.82) is 0 Å². The van der Waals surface area contributed by atoms with Crippen molar-refractivity contribution in [2.75, 3.05) is 17.2 Å². The lowest BCUT2D eigenvalue weighted by Crippen LogP contribution is -2.42. The number of nitrogens with zero attached hydrogens (tertiary/aromatic N) is 3. The number of hydrogen-bond acceptors (Lipinski definition) is 5. The van der Waals surface area contributed by atoms with Crippen LogP contribution in [0, 0.1) is 5.82 Å². The highest BCUT2D eigenvalue weighted by Crippen LogP contribution is 2.48. The highest BCUT2D eigenvalue weighted by molar-refractivity contribution is 8.00. The summed E-state index contributed by atoms with van der Waals surface area (Å²) in [6.45, 7) is -0.0552. The number of fused-ring (bicyclic) bond motifs is 1. The van der Waals surface area contributed by atoms with E-state index in [1.807, 2.05) is 48.5 Å². The van der Waals surface area contributed by atoms with Gasteiger partial charge in [0.25, 0.3) is 0 Å². The molecule has 0 unspecified atom stereocenters. The third-order valence-corrected chi connectivity index (χ3v) is 8.31. The average molecular weight is 587 g/mol. The number of para-hydroxylation sites is 1. The van der Waals surface area contributed by atoms with Crippen LogP contribution >= 0.6 is 23.4 Å². The maximum absolute atomic E-state index is 13.9. The second-order valence-electron chi connectivity index (χ2n) is 9.39. The fourth-order valence-electron chi connectivity index (χ4n) is 4.82. The van der Waals surface area contributed by atoms with Gasteiger partial charge in [0.05, 0.1) is 40.2 Å². The van der Waals surface area contributed by atoms with Gasteiger partial charge < -0.3 is 9.73 Å². The minimum atomic E-state index is -0.378. The highest BCUT2D eigenvalue weighted by atomic mass is 35.5. The zero-order chi connectivity index (χ0) is 28.3. The molecule has 0 fully saturated rings. The molecule has 6 rings (SSSR count). The molecular formula is C31H24ClFN4O3S. The lowest BCUT2D eigenvalue weighted by molar-refractivity contribution is -0.123. The second kappa shape index (κ2) is 11.6. The predicted molar refractivity (Wildman–Crippen MR) is 158 cm³/mol. The van der Waals surface area contributed by atoms with E-state index in [2.05, 4.69) is 5.32 Å². The third-order valence-electron chi connectivity index (χ3n) is 6.73. The molecule has 1 atom stereocenters. The first kappa shape index (κ1) is 26.9. The van der Waals surface area contributed by atoms with Crippen LogP contribution in [0.4, 0.5) is 10.2 Å². The fourth-order valence-corrected chi connectivity index (χ4v) is 6.23. The number of rotatable bonds is 7. The quantitative estimate of drug-likeness (QED) is 0.238. The maximum atomic E-state index is 13.9. The van der Waals surface area contributed by atoms with Crippen LogP contribution in [0.1, 0.15) is 22.1 Å². The maximum Gasteiger partial charge on any atom is 0.240 e. The molecule has 3 aromatic carbocycles. The molecule has 0 saturated heterocycles. The molecule has 206 valence electrons. The number of halogens is 2. The van der Waals surface area contributed by atoms with Gasteiger partial charge in [-0.15, -0.1) is 11.8 Å². The molecule has 0 saturated carbocycles. The Kier molecular flexibility index (Phi) is 7.63. The van der Waals surface area contributed by atoms with Crippen LogP contribution in [0.2, 0.25) is 5.02 Å². The Balaban J connectivity index is 1.54. The van der Waals surface area contributed by atoms with Crippen LogP contribution in [-0.4, -0.2) is 33.9 Å². The van der Waals surface area contributed by atoms with Crippen LogP contribution < -0.4 is 10.2 Å². The fraction of sp³-hybridized carbons (Fsp3) is 0.129. The Morgan fingerprint density at radius 3 is 2.51 bits per heavy atom. The Bertz CT molecular complexity index is 1690. The largest absolute Gasteiger partial charge is 0.467 e. The third kappa shape index (κ3) is 5.51. The molecule has 7 nitrogen and oxygen atoms in total. The van der Waals surface area contributed by atoms with E-state index in [9.17, 15) is 14.0 Å². The number of nitrogens with one attached hydrogen (secondary N) is 1. The summed E-state index contributed by atoms with van der Waals surface area (Å²) in [6, 6.07) is 26.6. The monoisotopic (exact) mass is 586 g/mol. The predicted octanol–water partition coefficient (Wildman–Crippen LogP) is 6.41. The summed E-state index contributed by atoms with van der Waals surface area (Å²) < 4.78 is 20.9. The van der Waals surface area contributed by atoms with E-state index in [4.69, 9.17) is 21.1 Å². The zero-order valence-corrected chi connectivity index (χ0v) is 23.2. The van der Waals surface area contributed by atoms with Gasteiger partial charge in [0, 0.05) is 11.1 Å². The molecule has 2 aromatic heterocycles. The zero-order valence-electron chi connectivity index (χ0n) is 21.7. The summed E-state index contributed by atoms with van der Waals surface area (Å²) in [5, 5.41) is 7.90. The van der Waals surface area contributed by atoms with Gasteiger partial charge >= 0.3 is 0 Å². The topological polar surface area (TPSA) is 80.4 Å². The number of benzene rings is 3. The smallest absolute Gasteiger partial charge is 0.240 e. The summed E-state index contributed by atoms with van der Waals surface area (Å²) in [6.07, 6.45) is 1.53. The van der Waals surface area contributed by atoms with Gasteiger partial charge in [0.15, 0.2) is 0 Å². The van der Waals surface area contributed by atoms with E-state index in [0.717, 1.165) is 16.7 Å². The van der Waals surface area contributed by atoms with E-state index in [0.29, 0.717) is 28.0 Å². The first-order valence-corrected chi connectivity index (χ1v) is 14.3. The van der Waals surface area contributed by atoms with E-state index in [-0.39, 0.29) is 41.7 Å². The number of aromatic nitrogens is 2. The molecule has 10 heteroatoms. The SMILES string of the molecule is O=C(CN1C(=O)CS[C@H](c2ccc(F)cc2)c2c(-c3ccccc3)nn(-c3ccccc3Cl)c21)NCc1ccco1. The summed E-state index contributed by atoms with van der Waals surface area (Å²) in [4.78, 5) is 28.4. The summed E-state index contributed by atoms with van der Waals surface area (Å²) in [7, 11) is 0. The van der Waals surface area contributed by atoms with Crippen LogP contribution in [0.25, 0.3) is 16.9 Å². The molecule has 5 aromatic rings. The van der Waals surface area contributed by atoms with Crippen molar-refractivity contribution in [2.24, 2.45) is 0 Å². The Morgan fingerprint density at radius 1 is 1.02 bits per heavy atom. The molecular weight excluding hydrogens is 563 g/mol. The molecule has 1 N–H and O–H groups in total. The standard InChI is InChI=1S/C31H24ClFN4O3S/c32-24-10-4-5-11-25(24)37-31-28(29(35-37)20-7-2-1-3-8-20)30(21-12-14-22(33)15-13-21)41-19-27(39)36(31)18-26(38)34-17-23-9-6-16-40-23/h1-16,30H,17-19H2,(H,34,38)/t30-/m1/s1. The van der Waals surface area contributed by atoms with E-state index in [1.165, 1.54) is 35.1 Å². The van der Waals surface area contributed by atoms with E-state index >= 15 is 0 Å². The molecule has 2 amide bonds. The van der Waals surface area contributed by atoms with Crippen molar-refractivity contribution in [3.63, 3.8) is 0 Å². The van der Waals surface area contributed by atoms with Gasteiger partial charge in [-0.2, -0.15) is 5.10 Å². The van der Waals surface area contributed by atoms with Crippen molar-refractivity contribution in [3.05, 3.63) is 125 Å². The number of hydrogen-bond donors (Lipinski definition) is 1. The lowest BCUT2D eigenvalue weighted by atomic mass is 9.99. The van der Waals surface area contributed by atoms with Crippen molar-refractivity contribution in [3.8, 4) is 16.9 Å². The van der Waals surface area contributed by atoms with Crippen LogP contribution in [0.3, 0.4) is 0 Å². The van der Waals surface area contributed by atoms with E-state index < -0.39 is 0 Å². The van der Waals surface area contributed by atoms with Gasteiger partial charge in [-0.3, -0.25) is 14.5 Å². The van der Waals surface area contributed by atoms with E-state index in [1.54, 1.807) is 35.0 Å². The summed E-state index contributed by atoms with van der Waals surface area (Å²) >= 11 is 8.07. The number of carbonyl (C=O) groups is 2. The normalized spacial score (nSPS) is 14.9. The summed E-state index contributed by atoms with van der Waals surface area (Å²) in [5.74, 6) is 0.156. The number of furan rings is 1. The number of anilines is 1.